The molecule has 44 heavy (non-hydrogen) atoms. The Bertz CT molecular complexity index is 1780. The zero-order chi connectivity index (χ0) is 31.5. The first kappa shape index (κ1) is 30.6. The predicted octanol–water partition coefficient (Wildman–Crippen LogP) is 5.31. The topological polar surface area (TPSA) is 113 Å². The van der Waals surface area contributed by atoms with Gasteiger partial charge < -0.3 is 15.2 Å². The second kappa shape index (κ2) is 12.4. The zero-order valence-electron chi connectivity index (χ0n) is 23.1. The van der Waals surface area contributed by atoms with E-state index in [-0.39, 0.29) is 42.8 Å². The molecule has 1 heterocycles. The van der Waals surface area contributed by atoms with Crippen LogP contribution in [0.2, 0.25) is 0 Å². The lowest BCUT2D eigenvalue weighted by Crippen LogP contribution is -2.48. The van der Waals surface area contributed by atoms with Gasteiger partial charge in [0, 0.05) is 6.42 Å². The monoisotopic (exact) mass is 624 g/mol. The summed E-state index contributed by atoms with van der Waals surface area (Å²) in [6.07, 6.45) is -4.94. The maximum absolute atomic E-state index is 14.2. The number of alkyl halides is 3. The number of amides is 1. The second-order valence-corrected chi connectivity index (χ2v) is 11.9. The number of hydrogen-bond acceptors (Lipinski definition) is 5. The number of ether oxygens (including phenoxy) is 1. The van der Waals surface area contributed by atoms with Crippen molar-refractivity contribution < 1.29 is 41.0 Å². The molecule has 0 aliphatic carbocycles. The van der Waals surface area contributed by atoms with Crippen LogP contribution in [0.25, 0.3) is 11.1 Å². The van der Waals surface area contributed by atoms with E-state index < -0.39 is 44.6 Å². The number of halogens is 3. The van der Waals surface area contributed by atoms with Gasteiger partial charge in [-0.1, -0.05) is 66.7 Å². The smallest absolute Gasteiger partial charge is 0.417 e. The fourth-order valence-electron chi connectivity index (χ4n) is 5.09. The average molecular weight is 625 g/mol. The van der Waals surface area contributed by atoms with Crippen LogP contribution in [0.3, 0.4) is 0 Å². The van der Waals surface area contributed by atoms with Crippen LogP contribution in [-0.4, -0.2) is 44.6 Å². The van der Waals surface area contributed by atoms with E-state index in [0.29, 0.717) is 22.9 Å². The van der Waals surface area contributed by atoms with Crippen LogP contribution in [0.4, 0.5) is 18.9 Å². The molecule has 0 radical (unpaired) electrons. The van der Waals surface area contributed by atoms with E-state index in [4.69, 9.17) is 9.84 Å². The highest BCUT2D eigenvalue weighted by atomic mass is 32.2. The molecule has 1 aliphatic heterocycles. The number of carbonyl (C=O) groups is 2. The van der Waals surface area contributed by atoms with Crippen LogP contribution in [0.1, 0.15) is 16.7 Å². The Hall–Kier alpha value is -4.84. The van der Waals surface area contributed by atoms with Gasteiger partial charge in [0.05, 0.1) is 29.1 Å². The van der Waals surface area contributed by atoms with Crippen molar-refractivity contribution in [2.75, 3.05) is 17.5 Å². The Labute approximate surface area is 251 Å². The van der Waals surface area contributed by atoms with E-state index in [2.05, 4.69) is 5.32 Å². The number of hydrogen-bond donors (Lipinski definition) is 2. The number of carboxylic acids is 1. The van der Waals surface area contributed by atoms with Crippen LogP contribution in [-0.2, 0) is 38.6 Å². The summed E-state index contributed by atoms with van der Waals surface area (Å²) in [6.45, 7) is 0.0484. The fourth-order valence-corrected chi connectivity index (χ4v) is 6.77. The zero-order valence-corrected chi connectivity index (χ0v) is 23.9. The minimum atomic E-state index is -4.84. The van der Waals surface area contributed by atoms with Gasteiger partial charge >= 0.3 is 12.1 Å². The van der Waals surface area contributed by atoms with Gasteiger partial charge in [0.15, 0.2) is 0 Å². The molecule has 0 spiro atoms. The first-order valence-corrected chi connectivity index (χ1v) is 15.0. The predicted molar refractivity (Wildman–Crippen MR) is 157 cm³/mol. The van der Waals surface area contributed by atoms with Crippen molar-refractivity contribution in [2.45, 2.75) is 30.0 Å². The highest BCUT2D eigenvalue weighted by Gasteiger charge is 2.43. The Kier molecular flexibility index (Phi) is 8.63. The van der Waals surface area contributed by atoms with Gasteiger partial charge in [-0.3, -0.25) is 13.9 Å². The SMILES string of the molecule is O=C(O)Cc1ccc(OCCNC(=O)[C@@H]2Cc3ccccc3N2S(=O)(=O)c2ccc(-c3ccccc3)c(C(F)(F)F)c2)cc1. The number of para-hydroxylation sites is 1. The number of benzene rings is 4. The number of nitrogens with zero attached hydrogens (tertiary/aromatic N) is 1. The summed E-state index contributed by atoms with van der Waals surface area (Å²) in [6, 6.07) is 22.4. The highest BCUT2D eigenvalue weighted by Crippen LogP contribution is 2.41. The van der Waals surface area contributed by atoms with Crippen molar-refractivity contribution in [3.8, 4) is 16.9 Å². The Balaban J connectivity index is 1.36. The third-order valence-electron chi connectivity index (χ3n) is 7.11. The van der Waals surface area contributed by atoms with Crippen molar-refractivity contribution in [3.63, 3.8) is 0 Å². The van der Waals surface area contributed by atoms with Gasteiger partial charge in [0.25, 0.3) is 10.0 Å². The molecule has 0 fully saturated rings. The van der Waals surface area contributed by atoms with E-state index in [0.717, 1.165) is 16.4 Å². The van der Waals surface area contributed by atoms with Crippen LogP contribution in [0.15, 0.2) is 102 Å². The fraction of sp³-hybridized carbons (Fsp3) is 0.188. The minimum Gasteiger partial charge on any atom is -0.492 e. The molecule has 0 saturated heterocycles. The van der Waals surface area contributed by atoms with E-state index >= 15 is 0 Å². The van der Waals surface area contributed by atoms with Gasteiger partial charge in [0.1, 0.15) is 18.4 Å². The molecule has 4 aromatic rings. The number of rotatable bonds is 10. The minimum absolute atomic E-state index is 0.0143. The van der Waals surface area contributed by atoms with E-state index in [1.54, 1.807) is 60.7 Å². The molecule has 0 saturated carbocycles. The third kappa shape index (κ3) is 6.55. The summed E-state index contributed by atoms with van der Waals surface area (Å²) in [5.74, 6) is -1.15. The lowest BCUT2D eigenvalue weighted by atomic mass is 9.99. The molecule has 12 heteroatoms. The van der Waals surface area contributed by atoms with Crippen molar-refractivity contribution in [1.29, 1.82) is 0 Å². The number of nitrogens with one attached hydrogen (secondary N) is 1. The van der Waals surface area contributed by atoms with Gasteiger partial charge in [-0.05, 0) is 52.6 Å². The summed E-state index contributed by atoms with van der Waals surface area (Å²) in [7, 11) is -4.61. The molecule has 1 aliphatic rings. The van der Waals surface area contributed by atoms with Crippen molar-refractivity contribution in [1.82, 2.24) is 5.32 Å². The lowest BCUT2D eigenvalue weighted by Gasteiger charge is -2.27. The summed E-state index contributed by atoms with van der Waals surface area (Å²) in [4.78, 5) is 23.6. The number of aliphatic carboxylic acids is 1. The Morgan fingerprint density at radius 2 is 1.61 bits per heavy atom. The number of carbonyl (C=O) groups excluding carboxylic acids is 1. The molecule has 0 bridgehead atoms. The van der Waals surface area contributed by atoms with Crippen molar-refractivity contribution in [3.05, 3.63) is 114 Å². The van der Waals surface area contributed by atoms with Crippen molar-refractivity contribution in [2.24, 2.45) is 0 Å². The lowest BCUT2D eigenvalue weighted by molar-refractivity contribution is -0.137. The standard InChI is InChI=1S/C32H27F3N2O6S/c33-32(34,35)27-20-25(14-15-26(27)22-6-2-1-3-7-22)44(41,42)37-28-9-5-4-8-23(28)19-29(37)31(40)36-16-17-43-24-12-10-21(11-13-24)18-30(38)39/h1-15,20,29H,16-19H2,(H,36,40)(H,38,39)/t29-/m0/s1. The van der Waals surface area contributed by atoms with Crippen LogP contribution in [0, 0.1) is 0 Å². The quantitative estimate of drug-likeness (QED) is 0.231. The molecule has 1 atom stereocenters. The van der Waals surface area contributed by atoms with Gasteiger partial charge in [0.2, 0.25) is 5.91 Å². The molecular formula is C32H27F3N2O6S. The number of fused-ring (bicyclic) bond motifs is 1. The molecule has 2 N–H and O–H groups in total. The molecular weight excluding hydrogens is 597 g/mol. The average Bonchev–Trinajstić information content (AvgIpc) is 3.40. The molecule has 8 nitrogen and oxygen atoms in total. The van der Waals surface area contributed by atoms with Crippen molar-refractivity contribution >= 4 is 27.6 Å². The molecule has 1 amide bonds. The van der Waals surface area contributed by atoms with Gasteiger partial charge in [-0.25, -0.2) is 8.42 Å². The van der Waals surface area contributed by atoms with Gasteiger partial charge in [-0.2, -0.15) is 13.2 Å². The number of sulfonamides is 1. The van der Waals surface area contributed by atoms with E-state index in [1.807, 2.05) is 0 Å². The molecule has 4 aromatic carbocycles. The Morgan fingerprint density at radius 3 is 2.30 bits per heavy atom. The maximum Gasteiger partial charge on any atom is 0.417 e. The van der Waals surface area contributed by atoms with E-state index in [1.165, 1.54) is 18.2 Å². The largest absolute Gasteiger partial charge is 0.492 e. The maximum atomic E-state index is 14.2. The normalized spacial score (nSPS) is 14.6. The summed E-state index contributed by atoms with van der Waals surface area (Å²) >= 11 is 0. The van der Waals surface area contributed by atoms with Crippen LogP contribution in [0.5, 0.6) is 5.75 Å². The van der Waals surface area contributed by atoms with Crippen LogP contribution < -0.4 is 14.4 Å². The highest BCUT2D eigenvalue weighted by molar-refractivity contribution is 7.93. The third-order valence-corrected chi connectivity index (χ3v) is 8.93. The first-order chi connectivity index (χ1) is 20.9. The number of carboxylic acid groups (broad SMARTS) is 1. The van der Waals surface area contributed by atoms with Gasteiger partial charge in [-0.15, -0.1) is 0 Å². The molecule has 0 unspecified atom stereocenters. The molecule has 5 rings (SSSR count). The summed E-state index contributed by atoms with van der Waals surface area (Å²) < 4.78 is 77.0. The first-order valence-electron chi connectivity index (χ1n) is 13.6. The summed E-state index contributed by atoms with van der Waals surface area (Å²) in [5, 5.41) is 11.5. The second-order valence-electron chi connectivity index (χ2n) is 10.1. The molecule has 0 aromatic heterocycles. The Morgan fingerprint density at radius 1 is 0.932 bits per heavy atom. The number of anilines is 1. The van der Waals surface area contributed by atoms with Crippen LogP contribution >= 0.6 is 0 Å². The molecule has 228 valence electrons. The van der Waals surface area contributed by atoms with E-state index in [9.17, 15) is 31.2 Å². The summed E-state index contributed by atoms with van der Waals surface area (Å²) in [5.41, 5.74) is 0.385.